The summed E-state index contributed by atoms with van der Waals surface area (Å²) in [6, 6.07) is 8.18. The van der Waals surface area contributed by atoms with Crippen molar-refractivity contribution in [3.05, 3.63) is 90.0 Å². The predicted molar refractivity (Wildman–Crippen MR) is 151 cm³/mol. The molecule has 9 nitrogen and oxygen atoms in total. The van der Waals surface area contributed by atoms with E-state index in [-0.39, 0.29) is 1.43 Å². The summed E-state index contributed by atoms with van der Waals surface area (Å²) in [5.41, 5.74) is 4.07. The molecule has 3 heterocycles. The number of guanidine groups is 1. The smallest absolute Gasteiger partial charge is 0.227 e. The number of allylic oxidation sites excluding steroid dienone is 4. The van der Waals surface area contributed by atoms with Gasteiger partial charge in [-0.2, -0.15) is 5.10 Å². The average Bonchev–Trinajstić information content (AvgIpc) is 3.23. The second kappa shape index (κ2) is 13.0. The Morgan fingerprint density at radius 3 is 3.08 bits per heavy atom. The molecular formula is C29H37N7O2. The molecule has 0 saturated carbocycles. The molecule has 0 spiro atoms. The number of likely N-dealkylation sites (N-methyl/N-ethyl adjacent to an activating group) is 1. The van der Waals surface area contributed by atoms with Gasteiger partial charge in [-0.1, -0.05) is 24.3 Å². The fourth-order valence-corrected chi connectivity index (χ4v) is 4.55. The maximum absolute atomic E-state index is 6.26. The van der Waals surface area contributed by atoms with Crippen LogP contribution in [0.15, 0.2) is 94.4 Å². The molecule has 0 radical (unpaired) electrons. The van der Waals surface area contributed by atoms with Crippen LogP contribution in [0.2, 0.25) is 0 Å². The van der Waals surface area contributed by atoms with Gasteiger partial charge in [0.05, 0.1) is 18.9 Å². The molecule has 1 N–H and O–H groups in total. The van der Waals surface area contributed by atoms with Crippen LogP contribution in [0.5, 0.6) is 5.75 Å². The van der Waals surface area contributed by atoms with Crippen molar-refractivity contribution in [1.29, 1.82) is 0 Å². The standard InChI is InChI=1S/C29H35N7O2.H2/c1-35-14-3-2-4-16-37-26-10-5-8-23(19-26)27-11-7-13-31-29(34-27)33-25-9-6-12-28(24(18-25)20-35)38-17-15-36-22-30-21-32-36;/h5,7-10,12-13,18-19,21-22H,2-4,6,11,14-17,20H2,1H3,(H,31,33);1H. The average molecular weight is 516 g/mol. The first-order valence-electron chi connectivity index (χ1n) is 13.3. The number of aromatic nitrogens is 3. The Hall–Kier alpha value is -3.98. The molecule has 9 heteroatoms. The summed E-state index contributed by atoms with van der Waals surface area (Å²) in [4.78, 5) is 15.8. The van der Waals surface area contributed by atoms with Crippen LogP contribution in [0, 0.1) is 0 Å². The fraction of sp³-hybridized carbons (Fsp3) is 0.379. The minimum atomic E-state index is 0. The normalized spacial score (nSPS) is 19.0. The summed E-state index contributed by atoms with van der Waals surface area (Å²) in [5.74, 6) is 2.34. The zero-order valence-corrected chi connectivity index (χ0v) is 21.9. The van der Waals surface area contributed by atoms with Crippen LogP contribution in [0.1, 0.15) is 39.1 Å². The van der Waals surface area contributed by atoms with E-state index in [4.69, 9.17) is 14.5 Å². The Balaban J connectivity index is 0.00000353. The second-order valence-electron chi connectivity index (χ2n) is 9.54. The number of nitrogens with zero attached hydrogens (tertiary/aromatic N) is 6. The van der Waals surface area contributed by atoms with Gasteiger partial charge in [0.1, 0.15) is 30.8 Å². The number of nitrogens with one attached hydrogen (secondary N) is 1. The molecule has 200 valence electrons. The third-order valence-corrected chi connectivity index (χ3v) is 6.50. The quantitative estimate of drug-likeness (QED) is 0.646. The molecule has 2 aromatic rings. The van der Waals surface area contributed by atoms with E-state index in [1.807, 2.05) is 24.4 Å². The highest BCUT2D eigenvalue weighted by Gasteiger charge is 2.16. The molecule has 1 aromatic heterocycles. The highest BCUT2D eigenvalue weighted by molar-refractivity contribution is 6.08. The van der Waals surface area contributed by atoms with Crippen LogP contribution in [-0.4, -0.2) is 64.7 Å². The molecule has 0 unspecified atom stereocenters. The summed E-state index contributed by atoms with van der Waals surface area (Å²) in [6.45, 7) is 3.64. The number of hydrogen-bond donors (Lipinski definition) is 1. The molecular weight excluding hydrogens is 478 g/mol. The summed E-state index contributed by atoms with van der Waals surface area (Å²) >= 11 is 0. The van der Waals surface area contributed by atoms with Gasteiger partial charge in [-0.25, -0.2) is 19.7 Å². The van der Waals surface area contributed by atoms with Crippen LogP contribution < -0.4 is 10.1 Å². The fourth-order valence-electron chi connectivity index (χ4n) is 4.55. The molecule has 0 saturated heterocycles. The van der Waals surface area contributed by atoms with Crippen molar-refractivity contribution < 1.29 is 10.9 Å². The largest absolute Gasteiger partial charge is 0.494 e. The van der Waals surface area contributed by atoms with Gasteiger partial charge in [0.25, 0.3) is 0 Å². The van der Waals surface area contributed by atoms with Crippen molar-refractivity contribution in [1.82, 2.24) is 25.0 Å². The highest BCUT2D eigenvalue weighted by atomic mass is 16.5. The Morgan fingerprint density at radius 2 is 2.16 bits per heavy atom. The van der Waals surface area contributed by atoms with E-state index in [1.54, 1.807) is 11.0 Å². The summed E-state index contributed by atoms with van der Waals surface area (Å²) in [6.07, 6.45) is 18.2. The Kier molecular flexibility index (Phi) is 8.78. The third-order valence-electron chi connectivity index (χ3n) is 6.50. The minimum Gasteiger partial charge on any atom is -0.494 e. The van der Waals surface area contributed by atoms with Crippen LogP contribution in [-0.2, 0) is 11.3 Å². The molecule has 3 aliphatic rings. The minimum absolute atomic E-state index is 0. The molecule has 1 aromatic carbocycles. The number of hydrogen-bond acceptors (Lipinski definition) is 8. The molecule has 5 rings (SSSR count). The van der Waals surface area contributed by atoms with E-state index in [9.17, 15) is 0 Å². The van der Waals surface area contributed by atoms with Crippen LogP contribution >= 0.6 is 0 Å². The zero-order valence-electron chi connectivity index (χ0n) is 21.9. The maximum atomic E-state index is 6.26. The molecule has 1 aliphatic carbocycles. The number of ether oxygens (including phenoxy) is 2. The van der Waals surface area contributed by atoms with Crippen molar-refractivity contribution in [2.24, 2.45) is 9.98 Å². The number of fused-ring (bicyclic) bond motifs is 5. The van der Waals surface area contributed by atoms with Gasteiger partial charge in [0.15, 0.2) is 0 Å². The molecule has 2 aliphatic heterocycles. The zero-order chi connectivity index (χ0) is 26.0. The lowest BCUT2D eigenvalue weighted by Crippen LogP contribution is -2.25. The lowest BCUT2D eigenvalue weighted by molar-refractivity contribution is 0.197. The summed E-state index contributed by atoms with van der Waals surface area (Å²) in [5, 5.41) is 7.63. The van der Waals surface area contributed by atoms with Gasteiger partial charge in [-0.05, 0) is 63.6 Å². The lowest BCUT2D eigenvalue weighted by Gasteiger charge is -2.21. The predicted octanol–water partition coefficient (Wildman–Crippen LogP) is 4.49. The van der Waals surface area contributed by atoms with E-state index >= 15 is 0 Å². The van der Waals surface area contributed by atoms with Crippen LogP contribution in [0.4, 0.5) is 0 Å². The van der Waals surface area contributed by atoms with Gasteiger partial charge in [0.2, 0.25) is 5.96 Å². The maximum Gasteiger partial charge on any atom is 0.227 e. The first-order chi connectivity index (χ1) is 18.7. The number of benzene rings is 1. The van der Waals surface area contributed by atoms with Gasteiger partial charge >= 0.3 is 0 Å². The Labute approximate surface area is 225 Å². The van der Waals surface area contributed by atoms with Gasteiger partial charge in [0, 0.05) is 37.4 Å². The molecule has 0 atom stereocenters. The third kappa shape index (κ3) is 7.29. The van der Waals surface area contributed by atoms with Gasteiger partial charge < -0.3 is 19.7 Å². The lowest BCUT2D eigenvalue weighted by atomic mass is 10.1. The van der Waals surface area contributed by atoms with Crippen molar-refractivity contribution in [3.63, 3.8) is 0 Å². The Bertz CT molecular complexity index is 1280. The van der Waals surface area contributed by atoms with E-state index in [1.165, 1.54) is 6.33 Å². The van der Waals surface area contributed by atoms with Crippen molar-refractivity contribution in [3.8, 4) is 5.75 Å². The van der Waals surface area contributed by atoms with E-state index in [0.717, 1.165) is 72.8 Å². The van der Waals surface area contributed by atoms with Crippen molar-refractivity contribution in [2.45, 2.75) is 38.6 Å². The summed E-state index contributed by atoms with van der Waals surface area (Å²) < 4.78 is 14.1. The van der Waals surface area contributed by atoms with E-state index in [2.05, 4.69) is 62.7 Å². The monoisotopic (exact) mass is 515 g/mol. The van der Waals surface area contributed by atoms with Crippen LogP contribution in [0.25, 0.3) is 0 Å². The number of aliphatic imine (C=N–C) groups is 2. The topological polar surface area (TPSA) is 89.2 Å². The van der Waals surface area contributed by atoms with Gasteiger partial charge in [-0.3, -0.25) is 0 Å². The highest BCUT2D eigenvalue weighted by Crippen LogP contribution is 2.22. The Morgan fingerprint density at radius 1 is 1.18 bits per heavy atom. The molecule has 38 heavy (non-hydrogen) atoms. The van der Waals surface area contributed by atoms with Crippen molar-refractivity contribution >= 4 is 11.7 Å². The van der Waals surface area contributed by atoms with Crippen LogP contribution in [0.3, 0.4) is 0 Å². The van der Waals surface area contributed by atoms with Gasteiger partial charge in [-0.15, -0.1) is 0 Å². The number of rotatable bonds is 4. The second-order valence-corrected chi connectivity index (χ2v) is 9.54. The van der Waals surface area contributed by atoms with Crippen molar-refractivity contribution in [2.75, 3.05) is 33.4 Å². The molecule has 6 bridgehead atoms. The molecule has 0 amide bonds. The molecule has 0 fully saturated rings. The van der Waals surface area contributed by atoms with E-state index in [0.29, 0.717) is 32.1 Å². The van der Waals surface area contributed by atoms with E-state index < -0.39 is 0 Å². The first kappa shape index (κ1) is 25.7. The SMILES string of the molecule is CN1CCCCCOc2cccc(c2)C2=NC(=NC=CC2)NC2=CCC=C(OCCn3cncn3)C(=C2)C1.[HH]. The first-order valence-corrected chi connectivity index (χ1v) is 13.3. The summed E-state index contributed by atoms with van der Waals surface area (Å²) in [7, 11) is 2.16.